The van der Waals surface area contributed by atoms with Gasteiger partial charge in [-0.05, 0) is 18.1 Å². The fourth-order valence-corrected chi connectivity index (χ4v) is 1.97. The number of rotatable bonds is 3. The maximum atomic E-state index is 10.7. The number of para-hydroxylation sites is 1. The Balaban J connectivity index is 0.00000128. The average molecular weight is 243 g/mol. The third kappa shape index (κ3) is 2.46. The summed E-state index contributed by atoms with van der Waals surface area (Å²) in [6.45, 7) is 0.778. The van der Waals surface area contributed by atoms with Crippen molar-refractivity contribution in [3.05, 3.63) is 29.8 Å². The van der Waals surface area contributed by atoms with E-state index in [1.165, 1.54) is 5.56 Å². The Bertz CT molecular complexity index is 384. The van der Waals surface area contributed by atoms with Gasteiger partial charge in [0.2, 0.25) is 0 Å². The Hall–Kier alpha value is -1.26. The molecule has 1 heterocycles. The summed E-state index contributed by atoms with van der Waals surface area (Å²) >= 11 is 0. The summed E-state index contributed by atoms with van der Waals surface area (Å²) in [5, 5.41) is 12.0. The largest absolute Gasteiger partial charge is 0.480 e. The van der Waals surface area contributed by atoms with E-state index in [9.17, 15) is 4.79 Å². The lowest BCUT2D eigenvalue weighted by molar-refractivity contribution is -0.138. The van der Waals surface area contributed by atoms with Gasteiger partial charge in [0.15, 0.2) is 0 Å². The monoisotopic (exact) mass is 242 g/mol. The van der Waals surface area contributed by atoms with E-state index >= 15 is 0 Å². The second kappa shape index (κ2) is 5.18. The maximum Gasteiger partial charge on any atom is 0.320 e. The molecule has 4 N–H and O–H groups in total. The number of hydrogen-bond acceptors (Lipinski definition) is 3. The first-order valence-electron chi connectivity index (χ1n) is 4.99. The van der Waals surface area contributed by atoms with Crippen LogP contribution in [0.15, 0.2) is 24.3 Å². The van der Waals surface area contributed by atoms with Crippen molar-refractivity contribution in [1.82, 2.24) is 0 Å². The highest BCUT2D eigenvalue weighted by Crippen LogP contribution is 2.33. The van der Waals surface area contributed by atoms with Crippen molar-refractivity contribution in [3.8, 4) is 0 Å². The minimum Gasteiger partial charge on any atom is -0.480 e. The van der Waals surface area contributed by atoms with Crippen LogP contribution in [0.4, 0.5) is 5.69 Å². The molecule has 1 aliphatic heterocycles. The molecule has 1 unspecified atom stereocenters. The lowest BCUT2D eigenvalue weighted by Gasteiger charge is -2.12. The smallest absolute Gasteiger partial charge is 0.320 e. The first-order chi connectivity index (χ1) is 7.18. The van der Waals surface area contributed by atoms with E-state index < -0.39 is 12.0 Å². The van der Waals surface area contributed by atoms with Crippen LogP contribution in [0.3, 0.4) is 0 Å². The van der Waals surface area contributed by atoms with Gasteiger partial charge in [-0.25, -0.2) is 0 Å². The van der Waals surface area contributed by atoms with Crippen LogP contribution in [0, 0.1) is 0 Å². The maximum absolute atomic E-state index is 10.7. The summed E-state index contributed by atoms with van der Waals surface area (Å²) in [6, 6.07) is 7.18. The van der Waals surface area contributed by atoms with Crippen LogP contribution in [0.5, 0.6) is 0 Å². The highest BCUT2D eigenvalue weighted by Gasteiger charge is 2.25. The zero-order valence-corrected chi connectivity index (χ0v) is 9.54. The Kier molecular flexibility index (Phi) is 4.15. The molecular formula is C11H15ClN2O2. The van der Waals surface area contributed by atoms with Crippen LogP contribution in [0.2, 0.25) is 0 Å². The molecule has 4 nitrogen and oxygen atoms in total. The molecule has 0 spiro atoms. The highest BCUT2D eigenvalue weighted by molar-refractivity contribution is 5.85. The Morgan fingerprint density at radius 2 is 2.25 bits per heavy atom. The van der Waals surface area contributed by atoms with Crippen molar-refractivity contribution < 1.29 is 9.90 Å². The fraction of sp³-hybridized carbons (Fsp3) is 0.364. The van der Waals surface area contributed by atoms with Gasteiger partial charge >= 0.3 is 5.97 Å². The van der Waals surface area contributed by atoms with Crippen molar-refractivity contribution in [2.45, 2.75) is 18.4 Å². The van der Waals surface area contributed by atoms with Crippen LogP contribution in [0.25, 0.3) is 0 Å². The molecule has 16 heavy (non-hydrogen) atoms. The Morgan fingerprint density at radius 3 is 2.94 bits per heavy atom. The first-order valence-corrected chi connectivity index (χ1v) is 4.99. The van der Waals surface area contributed by atoms with E-state index in [1.807, 2.05) is 24.3 Å². The van der Waals surface area contributed by atoms with Gasteiger partial charge in [0.25, 0.3) is 0 Å². The third-order valence-electron chi connectivity index (χ3n) is 2.80. The molecule has 88 valence electrons. The number of aliphatic carboxylic acids is 1. The molecule has 5 heteroatoms. The minimum absolute atomic E-state index is 0. The summed E-state index contributed by atoms with van der Waals surface area (Å²) in [5.74, 6) is -0.716. The van der Waals surface area contributed by atoms with Gasteiger partial charge in [0.05, 0.1) is 0 Å². The van der Waals surface area contributed by atoms with Crippen LogP contribution >= 0.6 is 12.4 Å². The molecule has 0 saturated heterocycles. The molecule has 0 fully saturated rings. The number of anilines is 1. The van der Waals surface area contributed by atoms with Gasteiger partial charge in [-0.1, -0.05) is 18.2 Å². The standard InChI is InChI=1S/C11H14N2O2.ClH/c12-9(11(14)15)5-7-6-13-10-4-2-1-3-8(7)10;/h1-4,7,9,13H,5-6,12H2,(H,14,15);1H/t7?,9-;/m0./s1. The molecule has 0 bridgehead atoms. The van der Waals surface area contributed by atoms with Crippen molar-refractivity contribution >= 4 is 24.1 Å². The number of nitrogens with one attached hydrogen (secondary N) is 1. The first kappa shape index (κ1) is 12.8. The van der Waals surface area contributed by atoms with Gasteiger partial charge < -0.3 is 16.2 Å². The molecule has 0 aromatic heterocycles. The third-order valence-corrected chi connectivity index (χ3v) is 2.80. The van der Waals surface area contributed by atoms with Crippen LogP contribution in [-0.4, -0.2) is 23.7 Å². The Labute approximate surface area is 100 Å². The number of benzene rings is 1. The predicted octanol–water partition coefficient (Wildman–Crippen LogP) is 1.42. The summed E-state index contributed by atoms with van der Waals surface area (Å²) in [6.07, 6.45) is 0.485. The van der Waals surface area contributed by atoms with E-state index in [1.54, 1.807) is 0 Å². The van der Waals surface area contributed by atoms with Crippen molar-refractivity contribution in [2.75, 3.05) is 11.9 Å². The summed E-state index contributed by atoms with van der Waals surface area (Å²) < 4.78 is 0. The van der Waals surface area contributed by atoms with Gasteiger partial charge in [-0.2, -0.15) is 0 Å². The van der Waals surface area contributed by atoms with E-state index in [-0.39, 0.29) is 18.3 Å². The molecule has 0 saturated carbocycles. The van der Waals surface area contributed by atoms with Gasteiger partial charge in [0, 0.05) is 18.2 Å². The minimum atomic E-state index is -0.931. The van der Waals surface area contributed by atoms with E-state index in [2.05, 4.69) is 5.32 Å². The highest BCUT2D eigenvalue weighted by atomic mass is 35.5. The molecule has 1 aliphatic rings. The van der Waals surface area contributed by atoms with E-state index in [0.717, 1.165) is 12.2 Å². The van der Waals surface area contributed by atoms with E-state index in [0.29, 0.717) is 6.42 Å². The average Bonchev–Trinajstić information content (AvgIpc) is 2.62. The number of carboxylic acid groups (broad SMARTS) is 1. The van der Waals surface area contributed by atoms with Crippen molar-refractivity contribution in [1.29, 1.82) is 0 Å². The lowest BCUT2D eigenvalue weighted by atomic mass is 9.94. The van der Waals surface area contributed by atoms with E-state index in [4.69, 9.17) is 10.8 Å². The number of nitrogens with two attached hydrogens (primary N) is 1. The van der Waals surface area contributed by atoms with Crippen LogP contribution in [0.1, 0.15) is 17.9 Å². The number of carboxylic acids is 1. The zero-order chi connectivity index (χ0) is 10.8. The number of fused-ring (bicyclic) bond motifs is 1. The predicted molar refractivity (Wildman–Crippen MR) is 65.1 cm³/mol. The van der Waals surface area contributed by atoms with Crippen molar-refractivity contribution in [2.24, 2.45) is 5.73 Å². The lowest BCUT2D eigenvalue weighted by Crippen LogP contribution is -2.32. The number of halogens is 1. The molecular weight excluding hydrogens is 228 g/mol. The quantitative estimate of drug-likeness (QED) is 0.749. The van der Waals surface area contributed by atoms with Crippen molar-refractivity contribution in [3.63, 3.8) is 0 Å². The Morgan fingerprint density at radius 1 is 1.56 bits per heavy atom. The second-order valence-electron chi connectivity index (χ2n) is 3.85. The zero-order valence-electron chi connectivity index (χ0n) is 8.72. The summed E-state index contributed by atoms with van der Waals surface area (Å²) in [4.78, 5) is 10.7. The SMILES string of the molecule is Cl.N[C@@H](CC1CNc2ccccc21)C(=O)O. The molecule has 0 radical (unpaired) electrons. The summed E-state index contributed by atoms with van der Waals surface area (Å²) in [5.41, 5.74) is 7.80. The van der Waals surface area contributed by atoms with Gasteiger partial charge in [-0.3, -0.25) is 4.79 Å². The normalized spacial score (nSPS) is 19.2. The van der Waals surface area contributed by atoms with Gasteiger partial charge in [-0.15, -0.1) is 12.4 Å². The molecule has 2 atom stereocenters. The molecule has 1 aromatic carbocycles. The second-order valence-corrected chi connectivity index (χ2v) is 3.85. The number of hydrogen-bond donors (Lipinski definition) is 3. The molecule has 2 rings (SSSR count). The molecule has 0 aliphatic carbocycles. The number of carbonyl (C=O) groups is 1. The van der Waals surface area contributed by atoms with Crippen LogP contribution < -0.4 is 11.1 Å². The molecule has 1 aromatic rings. The van der Waals surface area contributed by atoms with Gasteiger partial charge in [0.1, 0.15) is 6.04 Å². The molecule has 0 amide bonds. The summed E-state index contributed by atoms with van der Waals surface area (Å²) in [7, 11) is 0. The van der Waals surface area contributed by atoms with Crippen LogP contribution in [-0.2, 0) is 4.79 Å². The fourth-order valence-electron chi connectivity index (χ4n) is 1.97. The topological polar surface area (TPSA) is 75.3 Å².